The Hall–Kier alpha value is -3.01. The van der Waals surface area contributed by atoms with Gasteiger partial charge in [-0.25, -0.2) is 4.98 Å². The van der Waals surface area contributed by atoms with Crippen LogP contribution >= 0.6 is 0 Å². The van der Waals surface area contributed by atoms with Crippen LogP contribution in [0.3, 0.4) is 0 Å². The van der Waals surface area contributed by atoms with Gasteiger partial charge in [0.05, 0.1) is 37.8 Å². The van der Waals surface area contributed by atoms with Crippen molar-refractivity contribution in [3.63, 3.8) is 0 Å². The summed E-state index contributed by atoms with van der Waals surface area (Å²) in [5, 5.41) is 0.412. The number of carbonyl (C=O) groups excluding carboxylic acids is 1. The second-order valence-electron chi connectivity index (χ2n) is 6.33. The van der Waals surface area contributed by atoms with Crippen LogP contribution in [0.5, 0.6) is 11.5 Å². The number of aromatic nitrogens is 2. The monoisotopic (exact) mass is 386 g/mol. The molecule has 150 valence electrons. The average Bonchev–Trinajstić information content (AvgIpc) is 2.69. The zero-order valence-corrected chi connectivity index (χ0v) is 16.8. The van der Waals surface area contributed by atoms with Crippen molar-refractivity contribution in [2.75, 3.05) is 21.3 Å². The molecule has 1 N–H and O–H groups in total. The summed E-state index contributed by atoms with van der Waals surface area (Å²) >= 11 is 0. The Labute approximate surface area is 164 Å². The Bertz CT molecular complexity index is 953. The number of methoxy groups -OCH3 is 3. The lowest BCUT2D eigenvalue weighted by atomic mass is 10.1. The smallest absolute Gasteiger partial charge is 0.305 e. The predicted molar refractivity (Wildman–Crippen MR) is 107 cm³/mol. The third-order valence-electron chi connectivity index (χ3n) is 4.33. The number of unbranched alkanes of at least 4 members (excludes halogenated alkanes) is 4. The van der Waals surface area contributed by atoms with Crippen molar-refractivity contribution in [2.24, 2.45) is 0 Å². The molecule has 2 aromatic rings. The predicted octanol–water partition coefficient (Wildman–Crippen LogP) is 3.11. The molecule has 0 saturated carbocycles. The maximum atomic E-state index is 12.3. The number of esters is 1. The Morgan fingerprint density at radius 3 is 2.57 bits per heavy atom. The van der Waals surface area contributed by atoms with Gasteiger partial charge in [-0.3, -0.25) is 9.59 Å². The van der Waals surface area contributed by atoms with Crippen molar-refractivity contribution in [2.45, 2.75) is 45.4 Å². The number of rotatable bonds is 8. The van der Waals surface area contributed by atoms with E-state index in [0.29, 0.717) is 46.6 Å². The minimum atomic E-state index is -0.239. The van der Waals surface area contributed by atoms with Gasteiger partial charge in [0.2, 0.25) is 0 Å². The topological polar surface area (TPSA) is 90.5 Å². The standard InChI is InChI=1S/C21H26N2O5/c1-14-22-19-15(11-9-7-5-6-8-10-12-18(24)27-3)20(28-4)17(26-2)13-16(19)21(25)23-14/h13H,5-8,10,12H2,1-4H3,(H,22,23,25). The van der Waals surface area contributed by atoms with Crippen molar-refractivity contribution >= 4 is 16.9 Å². The van der Waals surface area contributed by atoms with Crippen LogP contribution in [0.4, 0.5) is 0 Å². The second kappa shape index (κ2) is 10.4. The number of aromatic amines is 1. The average molecular weight is 386 g/mol. The van der Waals surface area contributed by atoms with E-state index in [9.17, 15) is 9.59 Å². The van der Waals surface area contributed by atoms with E-state index in [1.165, 1.54) is 21.3 Å². The number of fused-ring (bicyclic) bond motifs is 1. The second-order valence-corrected chi connectivity index (χ2v) is 6.33. The van der Waals surface area contributed by atoms with Gasteiger partial charge < -0.3 is 19.2 Å². The first-order valence-corrected chi connectivity index (χ1v) is 9.23. The molecular weight excluding hydrogens is 360 g/mol. The van der Waals surface area contributed by atoms with Crippen LogP contribution < -0.4 is 15.0 Å². The Balaban J connectivity index is 2.17. The van der Waals surface area contributed by atoms with Crippen LogP contribution in [0.15, 0.2) is 10.9 Å². The molecule has 0 atom stereocenters. The normalized spacial score (nSPS) is 10.3. The van der Waals surface area contributed by atoms with E-state index >= 15 is 0 Å². The minimum Gasteiger partial charge on any atom is -0.493 e. The molecule has 0 spiro atoms. The van der Waals surface area contributed by atoms with Gasteiger partial charge in [-0.2, -0.15) is 0 Å². The van der Waals surface area contributed by atoms with Crippen molar-refractivity contribution in [3.05, 3.63) is 27.8 Å². The highest BCUT2D eigenvalue weighted by atomic mass is 16.5. The van der Waals surface area contributed by atoms with Crippen LogP contribution in [-0.2, 0) is 9.53 Å². The SMILES string of the molecule is COC(=O)CCCCCCC#Cc1c(OC)c(OC)cc2c(=O)[nH]c(C)nc12. The minimum absolute atomic E-state index is 0.172. The molecule has 1 aromatic carbocycles. The summed E-state index contributed by atoms with van der Waals surface area (Å²) in [5.41, 5.74) is 0.818. The van der Waals surface area contributed by atoms with Crippen LogP contribution in [0.2, 0.25) is 0 Å². The lowest BCUT2D eigenvalue weighted by Crippen LogP contribution is -2.11. The van der Waals surface area contributed by atoms with E-state index in [1.807, 2.05) is 0 Å². The van der Waals surface area contributed by atoms with E-state index in [1.54, 1.807) is 13.0 Å². The third-order valence-corrected chi connectivity index (χ3v) is 4.33. The number of nitrogens with one attached hydrogen (secondary N) is 1. The summed E-state index contributed by atoms with van der Waals surface area (Å²) in [6.45, 7) is 1.73. The van der Waals surface area contributed by atoms with Gasteiger partial charge in [-0.15, -0.1) is 0 Å². The molecule has 0 fully saturated rings. The number of hydrogen-bond donors (Lipinski definition) is 1. The van der Waals surface area contributed by atoms with E-state index in [0.717, 1.165) is 25.7 Å². The molecule has 2 rings (SSSR count). The highest BCUT2D eigenvalue weighted by molar-refractivity contribution is 5.89. The van der Waals surface area contributed by atoms with Gasteiger partial charge >= 0.3 is 5.97 Å². The number of H-pyrrole nitrogens is 1. The molecule has 0 bridgehead atoms. The number of aryl methyl sites for hydroxylation is 1. The number of carbonyl (C=O) groups is 1. The van der Waals surface area contributed by atoms with Gasteiger partial charge in [0, 0.05) is 12.8 Å². The molecule has 0 unspecified atom stereocenters. The Morgan fingerprint density at radius 1 is 1.14 bits per heavy atom. The van der Waals surface area contributed by atoms with Gasteiger partial charge in [-0.1, -0.05) is 24.7 Å². The molecule has 1 aromatic heterocycles. The summed E-state index contributed by atoms with van der Waals surface area (Å²) in [6, 6.07) is 1.62. The number of benzene rings is 1. The van der Waals surface area contributed by atoms with Crippen molar-refractivity contribution < 1.29 is 19.0 Å². The number of nitrogens with zero attached hydrogens (tertiary/aromatic N) is 1. The Morgan fingerprint density at radius 2 is 1.89 bits per heavy atom. The maximum Gasteiger partial charge on any atom is 0.305 e. The van der Waals surface area contributed by atoms with E-state index in [4.69, 9.17) is 9.47 Å². The van der Waals surface area contributed by atoms with Crippen LogP contribution in [0, 0.1) is 18.8 Å². The maximum absolute atomic E-state index is 12.3. The molecular formula is C21H26N2O5. The number of ether oxygens (including phenoxy) is 3. The highest BCUT2D eigenvalue weighted by Gasteiger charge is 2.17. The summed E-state index contributed by atoms with van der Waals surface area (Å²) in [4.78, 5) is 30.5. The first-order chi connectivity index (χ1) is 13.5. The molecule has 0 aliphatic carbocycles. The van der Waals surface area contributed by atoms with E-state index in [-0.39, 0.29) is 11.5 Å². The molecule has 0 aliphatic rings. The lowest BCUT2D eigenvalue weighted by molar-refractivity contribution is -0.140. The molecule has 0 saturated heterocycles. The summed E-state index contributed by atoms with van der Waals surface area (Å²) in [6.07, 6.45) is 4.83. The zero-order valence-electron chi connectivity index (χ0n) is 16.8. The van der Waals surface area contributed by atoms with E-state index in [2.05, 4.69) is 26.5 Å². The van der Waals surface area contributed by atoms with Crippen LogP contribution in [0.1, 0.15) is 49.9 Å². The van der Waals surface area contributed by atoms with Crippen molar-refractivity contribution in [1.82, 2.24) is 9.97 Å². The molecule has 0 amide bonds. The summed E-state index contributed by atoms with van der Waals surface area (Å²) in [7, 11) is 4.46. The highest BCUT2D eigenvalue weighted by Crippen LogP contribution is 2.35. The summed E-state index contributed by atoms with van der Waals surface area (Å²) < 4.78 is 15.5. The Kier molecular flexibility index (Phi) is 7.88. The quantitative estimate of drug-likeness (QED) is 0.426. The van der Waals surface area contributed by atoms with E-state index < -0.39 is 0 Å². The van der Waals surface area contributed by atoms with Crippen LogP contribution in [0.25, 0.3) is 10.9 Å². The third kappa shape index (κ3) is 5.26. The zero-order chi connectivity index (χ0) is 20.5. The van der Waals surface area contributed by atoms with Crippen molar-refractivity contribution in [1.29, 1.82) is 0 Å². The molecule has 7 nitrogen and oxygen atoms in total. The van der Waals surface area contributed by atoms with Gasteiger partial charge in [0.25, 0.3) is 5.56 Å². The first kappa shape index (κ1) is 21.3. The molecule has 7 heteroatoms. The first-order valence-electron chi connectivity index (χ1n) is 9.23. The number of hydrogen-bond acceptors (Lipinski definition) is 6. The van der Waals surface area contributed by atoms with Crippen molar-refractivity contribution in [3.8, 4) is 23.3 Å². The molecule has 1 heterocycles. The largest absolute Gasteiger partial charge is 0.493 e. The lowest BCUT2D eigenvalue weighted by Gasteiger charge is -2.12. The summed E-state index contributed by atoms with van der Waals surface area (Å²) in [5.74, 6) is 7.50. The molecule has 28 heavy (non-hydrogen) atoms. The fraction of sp³-hybridized carbons (Fsp3) is 0.476. The van der Waals surface area contributed by atoms with Gasteiger partial charge in [0.15, 0.2) is 11.5 Å². The fourth-order valence-corrected chi connectivity index (χ4v) is 2.91. The molecule has 0 aliphatic heterocycles. The van der Waals surface area contributed by atoms with Gasteiger partial charge in [0.1, 0.15) is 5.82 Å². The van der Waals surface area contributed by atoms with Gasteiger partial charge in [-0.05, 0) is 25.8 Å². The fourth-order valence-electron chi connectivity index (χ4n) is 2.91. The molecule has 0 radical (unpaired) electrons. The van der Waals surface area contributed by atoms with Crippen LogP contribution in [-0.4, -0.2) is 37.3 Å².